The number of nitrogens with two attached hydrogens (primary N) is 1. The van der Waals surface area contributed by atoms with Crippen molar-refractivity contribution in [1.29, 1.82) is 0 Å². The third-order valence-corrected chi connectivity index (χ3v) is 11.4. The summed E-state index contributed by atoms with van der Waals surface area (Å²) in [7, 11) is 0.834. The number of hydrogen-bond donors (Lipinski definition) is 3. The summed E-state index contributed by atoms with van der Waals surface area (Å²) >= 11 is 3.56. The van der Waals surface area contributed by atoms with E-state index in [1.54, 1.807) is 46.1 Å². The van der Waals surface area contributed by atoms with Crippen molar-refractivity contribution in [2.45, 2.75) is 25.7 Å². The first-order chi connectivity index (χ1) is 22.6. The van der Waals surface area contributed by atoms with Crippen LogP contribution in [0, 0.1) is 5.41 Å². The number of anilines is 5. The molecule has 0 bridgehead atoms. The number of aliphatic imine (C=N–C) groups is 1. The highest BCUT2D eigenvalue weighted by Crippen LogP contribution is 2.45. The van der Waals surface area contributed by atoms with Crippen LogP contribution in [0.2, 0.25) is 0 Å². The Bertz CT molecular complexity index is 1660. The normalized spacial score (nSPS) is 17.3. The average molecular weight is 728 g/mol. The third kappa shape index (κ3) is 8.16. The van der Waals surface area contributed by atoms with E-state index in [0.29, 0.717) is 39.6 Å². The van der Waals surface area contributed by atoms with Gasteiger partial charge in [-0.3, -0.25) is 4.99 Å². The van der Waals surface area contributed by atoms with E-state index in [0.717, 1.165) is 79.7 Å². The third-order valence-electron chi connectivity index (χ3n) is 9.29. The summed E-state index contributed by atoms with van der Waals surface area (Å²) in [5.41, 5.74) is 10.6. The van der Waals surface area contributed by atoms with E-state index in [9.17, 15) is 8.96 Å². The summed E-state index contributed by atoms with van der Waals surface area (Å²) in [4.78, 5) is 18.2. The van der Waals surface area contributed by atoms with Crippen LogP contribution in [0.15, 0.2) is 58.3 Å². The summed E-state index contributed by atoms with van der Waals surface area (Å²) in [5, 5.41) is 7.42. The van der Waals surface area contributed by atoms with E-state index in [4.69, 9.17) is 15.5 Å². The fourth-order valence-corrected chi connectivity index (χ4v) is 8.02. The maximum atomic E-state index is 13.0. The molecule has 10 nitrogen and oxygen atoms in total. The Hall–Kier alpha value is -3.47. The summed E-state index contributed by atoms with van der Waals surface area (Å²) in [5.74, 6) is 1.51. The molecule has 13 heteroatoms. The Morgan fingerprint density at radius 1 is 1.13 bits per heavy atom. The van der Waals surface area contributed by atoms with Gasteiger partial charge in [0.15, 0.2) is 0 Å². The highest BCUT2D eigenvalue weighted by Gasteiger charge is 2.38. The fraction of sp³-hybridized carbons (Fsp3) is 0.441. The van der Waals surface area contributed by atoms with Gasteiger partial charge in [-0.25, -0.2) is 9.37 Å². The molecule has 0 radical (unpaired) electrons. The lowest BCUT2D eigenvalue weighted by Gasteiger charge is -2.47. The number of allylic oxidation sites excluding steroid dienone is 1. The molecule has 3 heterocycles. The number of nitrogens with one attached hydrogen (secondary N) is 2. The number of hydrogen-bond acceptors (Lipinski definition) is 10. The molecule has 0 aliphatic carbocycles. The predicted octanol–water partition coefficient (Wildman–Crippen LogP) is 6.64. The monoisotopic (exact) mass is 726 g/mol. The van der Waals surface area contributed by atoms with Crippen LogP contribution < -0.4 is 31.3 Å². The number of rotatable bonds is 11. The molecular weight excluding hydrogens is 682 g/mol. The van der Waals surface area contributed by atoms with Crippen molar-refractivity contribution in [3.05, 3.63) is 58.8 Å². The first-order valence-corrected chi connectivity index (χ1v) is 19.3. The van der Waals surface area contributed by atoms with Crippen LogP contribution in [0.25, 0.3) is 5.57 Å². The van der Waals surface area contributed by atoms with Crippen molar-refractivity contribution in [3.8, 4) is 5.75 Å². The zero-order valence-corrected chi connectivity index (χ0v) is 30.1. The quantitative estimate of drug-likeness (QED) is 0.148. The summed E-state index contributed by atoms with van der Waals surface area (Å²) in [6.07, 6.45) is 9.39. The van der Waals surface area contributed by atoms with E-state index in [1.807, 2.05) is 36.4 Å². The Morgan fingerprint density at radius 3 is 2.47 bits per heavy atom. The van der Waals surface area contributed by atoms with Gasteiger partial charge in [0, 0.05) is 73.5 Å². The van der Waals surface area contributed by atoms with Gasteiger partial charge in [-0.15, -0.1) is 0 Å². The van der Waals surface area contributed by atoms with Crippen molar-refractivity contribution < 1.29 is 13.7 Å². The molecule has 47 heavy (non-hydrogen) atoms. The molecule has 4 N–H and O–H groups in total. The molecule has 252 valence electrons. The molecule has 2 aliphatic heterocycles. The smallest absolute Gasteiger partial charge is 0.229 e. The van der Waals surface area contributed by atoms with Gasteiger partial charge in [-0.05, 0) is 91.6 Å². The van der Waals surface area contributed by atoms with E-state index >= 15 is 0 Å². The molecule has 0 amide bonds. The lowest BCUT2D eigenvalue weighted by molar-refractivity contribution is 0.0764. The van der Waals surface area contributed by atoms with Crippen molar-refractivity contribution >= 4 is 69.0 Å². The largest absolute Gasteiger partial charge is 0.494 e. The predicted molar refractivity (Wildman–Crippen MR) is 197 cm³/mol. The zero-order valence-electron chi connectivity index (χ0n) is 27.6. The minimum Gasteiger partial charge on any atom is -0.494 e. The minimum absolute atomic E-state index is 0.281. The molecule has 1 aromatic heterocycles. The Labute approximate surface area is 285 Å². The van der Waals surface area contributed by atoms with Crippen LogP contribution >= 0.6 is 23.1 Å². The van der Waals surface area contributed by atoms with Gasteiger partial charge < -0.3 is 35.5 Å². The van der Waals surface area contributed by atoms with Gasteiger partial charge >= 0.3 is 0 Å². The standard InChI is InChI=1S/C34H45BrFN8O2P/c1-38-22-24(21-37)25-19-28(41-33-39-23-26(35)32(42-33)40-27-7-5-6-8-31(27)47(3,4)45)30(46-2)20-29(25)44-16-11-34(12-17-44)9-14-43(15-10-34)18-13-36/h5-8,19-23H,9-18,37H2,1-4H3,(H2,39,40,41,42). The van der Waals surface area contributed by atoms with Crippen LogP contribution in [-0.2, 0) is 4.57 Å². The number of nitrogens with zero attached hydrogens (tertiary/aromatic N) is 5. The number of ether oxygens (including phenoxy) is 1. The first-order valence-electron chi connectivity index (χ1n) is 15.9. The molecule has 3 aromatic rings. The van der Waals surface area contributed by atoms with Gasteiger partial charge in [0.2, 0.25) is 5.95 Å². The van der Waals surface area contributed by atoms with E-state index in [1.165, 1.54) is 0 Å². The van der Waals surface area contributed by atoms with Gasteiger partial charge in [-0.2, -0.15) is 4.98 Å². The maximum Gasteiger partial charge on any atom is 0.229 e. The number of piperidine rings is 2. The summed E-state index contributed by atoms with van der Waals surface area (Å²) in [6, 6.07) is 11.6. The highest BCUT2D eigenvalue weighted by atomic mass is 79.9. The lowest BCUT2D eigenvalue weighted by atomic mass is 9.71. The number of methoxy groups -OCH3 is 1. The molecule has 2 saturated heterocycles. The van der Waals surface area contributed by atoms with Crippen LogP contribution in [0.1, 0.15) is 31.2 Å². The van der Waals surface area contributed by atoms with Crippen molar-refractivity contribution in [1.82, 2.24) is 14.9 Å². The van der Waals surface area contributed by atoms with Crippen LogP contribution in [0.5, 0.6) is 5.75 Å². The van der Waals surface area contributed by atoms with Gasteiger partial charge in [0.05, 0.1) is 23.0 Å². The maximum absolute atomic E-state index is 13.0. The zero-order chi connectivity index (χ0) is 33.6. The molecule has 2 fully saturated rings. The minimum atomic E-state index is -2.54. The Balaban J connectivity index is 1.43. The first kappa shape index (κ1) is 34.9. The molecule has 2 aliphatic rings. The number of aromatic nitrogens is 2. The SMILES string of the molecule is CN=CC(=CN)c1cc(Nc2ncc(Br)c(Nc3ccccc3P(C)(C)=O)n2)c(OC)cc1N1CCC2(CCN(CCF)CC2)CC1. The molecule has 0 saturated carbocycles. The van der Waals surface area contributed by atoms with Crippen molar-refractivity contribution in [2.24, 2.45) is 16.1 Å². The van der Waals surface area contributed by atoms with Crippen LogP contribution in [0.4, 0.5) is 33.2 Å². The van der Waals surface area contributed by atoms with E-state index in [-0.39, 0.29) is 6.67 Å². The van der Waals surface area contributed by atoms with Gasteiger partial charge in [0.25, 0.3) is 0 Å². The number of alkyl halides is 1. The summed E-state index contributed by atoms with van der Waals surface area (Å²) in [6.45, 7) is 7.50. The molecule has 0 atom stereocenters. The second-order valence-corrected chi connectivity index (χ2v) is 16.6. The second kappa shape index (κ2) is 15.2. The highest BCUT2D eigenvalue weighted by molar-refractivity contribution is 9.10. The Morgan fingerprint density at radius 2 is 1.83 bits per heavy atom. The lowest BCUT2D eigenvalue weighted by Crippen LogP contribution is -2.47. The van der Waals surface area contributed by atoms with E-state index in [2.05, 4.69) is 46.3 Å². The number of likely N-dealkylation sites (tertiary alicyclic amines) is 1. The fourth-order valence-electron chi connectivity index (χ4n) is 6.57. The van der Waals surface area contributed by atoms with Gasteiger partial charge in [0.1, 0.15) is 25.4 Å². The van der Waals surface area contributed by atoms with Crippen LogP contribution in [0.3, 0.4) is 0 Å². The summed E-state index contributed by atoms with van der Waals surface area (Å²) < 4.78 is 32.4. The number of benzene rings is 2. The Kier molecular flexibility index (Phi) is 11.3. The van der Waals surface area contributed by atoms with Crippen LogP contribution in [-0.4, -0.2) is 88.0 Å². The number of para-hydroxylation sites is 1. The molecule has 0 unspecified atom stereocenters. The number of halogens is 2. The molecule has 5 rings (SSSR count). The van der Waals surface area contributed by atoms with Crippen molar-refractivity contribution in [2.75, 3.05) is 82.4 Å². The molecule has 1 spiro atoms. The van der Waals surface area contributed by atoms with Gasteiger partial charge in [-0.1, -0.05) is 12.1 Å². The van der Waals surface area contributed by atoms with E-state index < -0.39 is 7.14 Å². The van der Waals surface area contributed by atoms with Crippen molar-refractivity contribution in [3.63, 3.8) is 0 Å². The molecule has 2 aromatic carbocycles. The average Bonchev–Trinajstić information content (AvgIpc) is 3.06. The second-order valence-electron chi connectivity index (χ2n) is 12.6. The molecular formula is C34H45BrFN8O2P. The topological polar surface area (TPSA) is 121 Å².